The van der Waals surface area contributed by atoms with E-state index < -0.39 is 0 Å². The first-order valence-electron chi connectivity index (χ1n) is 5.01. The molecule has 2 heterocycles. The number of aldehydes is 1. The minimum atomic E-state index is 0.0138. The van der Waals surface area contributed by atoms with E-state index in [1.807, 2.05) is 0 Å². The highest BCUT2D eigenvalue weighted by atomic mass is 35.5. The fourth-order valence-electron chi connectivity index (χ4n) is 1.85. The van der Waals surface area contributed by atoms with Crippen LogP contribution in [0.2, 0.25) is 0 Å². The number of hydrogen-bond acceptors (Lipinski definition) is 3. The van der Waals surface area contributed by atoms with Crippen molar-refractivity contribution in [1.29, 1.82) is 0 Å². The van der Waals surface area contributed by atoms with Crippen LogP contribution in [0.5, 0.6) is 0 Å². The number of pyridine rings is 1. The average molecular weight is 239 g/mol. The van der Waals surface area contributed by atoms with Crippen molar-refractivity contribution in [3.63, 3.8) is 0 Å². The Morgan fingerprint density at radius 1 is 1.62 bits per heavy atom. The molecular formula is C11H11ClN2O2. The highest BCUT2D eigenvalue weighted by Crippen LogP contribution is 2.27. The van der Waals surface area contributed by atoms with E-state index >= 15 is 0 Å². The summed E-state index contributed by atoms with van der Waals surface area (Å²) in [7, 11) is 0. The molecule has 1 aromatic rings. The van der Waals surface area contributed by atoms with Crippen molar-refractivity contribution in [3.8, 4) is 0 Å². The van der Waals surface area contributed by atoms with E-state index in [0.29, 0.717) is 36.4 Å². The van der Waals surface area contributed by atoms with Crippen molar-refractivity contribution in [2.45, 2.75) is 6.42 Å². The van der Waals surface area contributed by atoms with Gasteiger partial charge in [0, 0.05) is 31.2 Å². The topological polar surface area (TPSA) is 50.3 Å². The monoisotopic (exact) mass is 238 g/mol. The Morgan fingerprint density at radius 3 is 3.06 bits per heavy atom. The van der Waals surface area contributed by atoms with Crippen LogP contribution in [-0.4, -0.2) is 29.6 Å². The van der Waals surface area contributed by atoms with E-state index in [0.717, 1.165) is 0 Å². The van der Waals surface area contributed by atoms with Gasteiger partial charge in [-0.3, -0.25) is 14.6 Å². The lowest BCUT2D eigenvalue weighted by atomic mass is 10.1. The second kappa shape index (κ2) is 4.61. The number of amides is 1. The fraction of sp³-hybridized carbons (Fsp3) is 0.364. The first-order valence-corrected chi connectivity index (χ1v) is 5.55. The summed E-state index contributed by atoms with van der Waals surface area (Å²) in [5.74, 6) is 0.644. The van der Waals surface area contributed by atoms with E-state index in [1.54, 1.807) is 17.2 Å². The highest BCUT2D eigenvalue weighted by molar-refractivity contribution is 6.18. The van der Waals surface area contributed by atoms with Crippen molar-refractivity contribution in [1.82, 2.24) is 4.98 Å². The van der Waals surface area contributed by atoms with Crippen LogP contribution in [0.15, 0.2) is 18.5 Å². The molecule has 1 aromatic heterocycles. The molecule has 0 spiro atoms. The van der Waals surface area contributed by atoms with Crippen molar-refractivity contribution < 1.29 is 9.59 Å². The number of rotatable bonds is 3. The maximum Gasteiger partial charge on any atom is 0.227 e. The zero-order chi connectivity index (χ0) is 11.5. The largest absolute Gasteiger partial charge is 0.311 e. The molecule has 84 valence electrons. The molecule has 0 aromatic carbocycles. The zero-order valence-corrected chi connectivity index (χ0v) is 9.35. The predicted molar refractivity (Wildman–Crippen MR) is 60.8 cm³/mol. The summed E-state index contributed by atoms with van der Waals surface area (Å²) >= 11 is 5.74. The molecule has 5 heteroatoms. The van der Waals surface area contributed by atoms with Crippen LogP contribution in [0.4, 0.5) is 5.69 Å². The molecule has 0 bridgehead atoms. The summed E-state index contributed by atoms with van der Waals surface area (Å²) < 4.78 is 0. The van der Waals surface area contributed by atoms with Crippen LogP contribution < -0.4 is 4.90 Å². The van der Waals surface area contributed by atoms with E-state index in [9.17, 15) is 9.59 Å². The van der Waals surface area contributed by atoms with Gasteiger partial charge < -0.3 is 4.90 Å². The third-order valence-corrected chi connectivity index (χ3v) is 3.11. The summed E-state index contributed by atoms with van der Waals surface area (Å²) in [6, 6.07) is 1.68. The third-order valence-electron chi connectivity index (χ3n) is 2.67. The van der Waals surface area contributed by atoms with Gasteiger partial charge in [0.15, 0.2) is 6.29 Å². The minimum Gasteiger partial charge on any atom is -0.311 e. The van der Waals surface area contributed by atoms with Crippen LogP contribution in [-0.2, 0) is 4.79 Å². The second-order valence-electron chi connectivity index (χ2n) is 3.78. The normalized spacial score (nSPS) is 20.2. The van der Waals surface area contributed by atoms with Crippen LogP contribution in [0.3, 0.4) is 0 Å². The molecule has 1 atom stereocenters. The summed E-state index contributed by atoms with van der Waals surface area (Å²) in [5, 5.41) is 0. The number of hydrogen-bond donors (Lipinski definition) is 0. The Labute approximate surface area is 98.2 Å². The van der Waals surface area contributed by atoms with Gasteiger partial charge in [0.2, 0.25) is 5.91 Å². The smallest absolute Gasteiger partial charge is 0.227 e. The Bertz CT molecular complexity index is 422. The lowest BCUT2D eigenvalue weighted by Gasteiger charge is -2.17. The van der Waals surface area contributed by atoms with Gasteiger partial charge in [-0.15, -0.1) is 11.6 Å². The molecule has 1 aliphatic heterocycles. The summed E-state index contributed by atoms with van der Waals surface area (Å²) in [6.07, 6.45) is 4.20. The number of anilines is 1. The lowest BCUT2D eigenvalue weighted by molar-refractivity contribution is -0.117. The molecule has 4 nitrogen and oxygen atoms in total. The van der Waals surface area contributed by atoms with E-state index in [4.69, 9.17) is 11.6 Å². The Balaban J connectivity index is 2.31. The van der Waals surface area contributed by atoms with Gasteiger partial charge in [-0.1, -0.05) is 0 Å². The molecule has 2 rings (SSSR count). The van der Waals surface area contributed by atoms with E-state index in [-0.39, 0.29) is 11.8 Å². The van der Waals surface area contributed by atoms with Gasteiger partial charge >= 0.3 is 0 Å². The Hall–Kier alpha value is -1.42. The maximum absolute atomic E-state index is 11.7. The van der Waals surface area contributed by atoms with Gasteiger partial charge in [0.1, 0.15) is 0 Å². The summed E-state index contributed by atoms with van der Waals surface area (Å²) in [6.45, 7) is 0.577. The van der Waals surface area contributed by atoms with Crippen molar-refractivity contribution in [2.24, 2.45) is 5.92 Å². The molecule has 16 heavy (non-hydrogen) atoms. The molecule has 1 saturated heterocycles. The fourth-order valence-corrected chi connectivity index (χ4v) is 2.06. The molecule has 0 N–H and O–H groups in total. The first kappa shape index (κ1) is 11.1. The molecule has 1 aliphatic rings. The standard InChI is InChI=1S/C11H11ClN2O2/c12-4-8-3-11(16)14(6-8)10-1-2-13-5-9(10)7-15/h1-2,5,7-8H,3-4,6H2. The predicted octanol–water partition coefficient (Wildman–Crippen LogP) is 1.49. The number of carbonyl (C=O) groups excluding carboxylic acids is 2. The van der Waals surface area contributed by atoms with Gasteiger partial charge in [-0.05, 0) is 12.0 Å². The van der Waals surface area contributed by atoms with Crippen LogP contribution >= 0.6 is 11.6 Å². The Morgan fingerprint density at radius 2 is 2.44 bits per heavy atom. The van der Waals surface area contributed by atoms with Crippen LogP contribution in [0, 0.1) is 5.92 Å². The molecular weight excluding hydrogens is 228 g/mol. The number of nitrogens with zero attached hydrogens (tertiary/aromatic N) is 2. The Kier molecular flexibility index (Phi) is 3.19. The van der Waals surface area contributed by atoms with Crippen molar-refractivity contribution in [3.05, 3.63) is 24.0 Å². The van der Waals surface area contributed by atoms with Crippen LogP contribution in [0.25, 0.3) is 0 Å². The highest BCUT2D eigenvalue weighted by Gasteiger charge is 2.30. The minimum absolute atomic E-state index is 0.0138. The molecule has 0 aliphatic carbocycles. The lowest BCUT2D eigenvalue weighted by Crippen LogP contribution is -2.25. The quantitative estimate of drug-likeness (QED) is 0.592. The molecule has 0 radical (unpaired) electrons. The van der Waals surface area contributed by atoms with Crippen LogP contribution in [0.1, 0.15) is 16.8 Å². The number of carbonyl (C=O) groups is 2. The van der Waals surface area contributed by atoms with E-state index in [2.05, 4.69) is 4.98 Å². The number of alkyl halides is 1. The maximum atomic E-state index is 11.7. The molecule has 1 fully saturated rings. The average Bonchev–Trinajstić information content (AvgIpc) is 2.70. The van der Waals surface area contributed by atoms with Crippen molar-refractivity contribution >= 4 is 29.5 Å². The summed E-state index contributed by atoms with van der Waals surface area (Å²) in [5.41, 5.74) is 1.06. The SMILES string of the molecule is O=Cc1cnccc1N1CC(CCl)CC1=O. The number of halogens is 1. The molecule has 1 amide bonds. The van der Waals surface area contributed by atoms with E-state index in [1.165, 1.54) is 6.20 Å². The van der Waals surface area contributed by atoms with Gasteiger partial charge in [-0.25, -0.2) is 0 Å². The molecule has 1 unspecified atom stereocenters. The van der Waals surface area contributed by atoms with Gasteiger partial charge in [0.05, 0.1) is 11.3 Å². The first-order chi connectivity index (χ1) is 7.76. The van der Waals surface area contributed by atoms with Gasteiger partial charge in [-0.2, -0.15) is 0 Å². The van der Waals surface area contributed by atoms with Crippen molar-refractivity contribution in [2.75, 3.05) is 17.3 Å². The number of aromatic nitrogens is 1. The van der Waals surface area contributed by atoms with Gasteiger partial charge in [0.25, 0.3) is 0 Å². The third kappa shape index (κ3) is 1.93. The zero-order valence-electron chi connectivity index (χ0n) is 8.60. The molecule has 0 saturated carbocycles. The second-order valence-corrected chi connectivity index (χ2v) is 4.09. The summed E-state index contributed by atoms with van der Waals surface area (Å²) in [4.78, 5) is 28.0.